The molecule has 0 radical (unpaired) electrons. The number of nitrogens with zero attached hydrogens (tertiary/aromatic N) is 4. The fourth-order valence-corrected chi connectivity index (χ4v) is 5.15. The Bertz CT molecular complexity index is 975. The van der Waals surface area contributed by atoms with Crippen molar-refractivity contribution in [3.05, 3.63) is 12.7 Å². The van der Waals surface area contributed by atoms with Gasteiger partial charge in [-0.1, -0.05) is 0 Å². The average molecular weight is 397 g/mol. The molecule has 2 aliphatic carbocycles. The van der Waals surface area contributed by atoms with E-state index in [1.807, 2.05) is 18.4 Å². The van der Waals surface area contributed by atoms with Gasteiger partial charge in [-0.2, -0.15) is 0 Å². The van der Waals surface area contributed by atoms with Crippen LogP contribution in [0.3, 0.4) is 0 Å². The number of imidazole rings is 1. The standard InChI is InChI=1S/C15H20N5O6P/c1-14(2)25-10-9(20-6-19-8-12(16)17-5-18-13(8)20)7-3-15(7,11(10)26-14)4-24-27(21,22)23/h5-7,9-11H,3-4H2,1-2H3,(H2,16,17,18)(H2,21,22,23)/t7-,9?,10?,11?,15+/m1/s1. The Kier molecular flexibility index (Phi) is 3.40. The highest BCUT2D eigenvalue weighted by molar-refractivity contribution is 7.46. The lowest BCUT2D eigenvalue weighted by molar-refractivity contribution is -0.162. The highest BCUT2D eigenvalue weighted by Crippen LogP contribution is 2.72. The van der Waals surface area contributed by atoms with Crippen molar-refractivity contribution < 1.29 is 28.3 Å². The van der Waals surface area contributed by atoms with Gasteiger partial charge in [-0.15, -0.1) is 0 Å². The van der Waals surface area contributed by atoms with Gasteiger partial charge >= 0.3 is 7.82 Å². The topological polar surface area (TPSA) is 155 Å². The lowest BCUT2D eigenvalue weighted by atomic mass is 10.0. The third-order valence-electron chi connectivity index (χ3n) is 5.83. The molecule has 3 aliphatic rings. The monoisotopic (exact) mass is 397 g/mol. The lowest BCUT2D eigenvalue weighted by Gasteiger charge is -2.24. The quantitative estimate of drug-likeness (QED) is 0.625. The van der Waals surface area contributed by atoms with E-state index in [1.165, 1.54) is 6.33 Å². The maximum absolute atomic E-state index is 11.2. The highest BCUT2D eigenvalue weighted by Gasteiger charge is 2.76. The SMILES string of the molecule is CC1(C)OC2C(n3cnc4c(N)ncnc43)[C@H]3C[C@@]3(COP(=O)(O)O)C2O1. The van der Waals surface area contributed by atoms with Crippen LogP contribution in [0.25, 0.3) is 11.2 Å². The third-order valence-corrected chi connectivity index (χ3v) is 6.30. The van der Waals surface area contributed by atoms with Crippen LogP contribution in [0, 0.1) is 11.3 Å². The lowest BCUT2D eigenvalue weighted by Crippen LogP contribution is -2.33. The van der Waals surface area contributed by atoms with Crippen LogP contribution in [0.15, 0.2) is 12.7 Å². The maximum atomic E-state index is 11.2. The summed E-state index contributed by atoms with van der Waals surface area (Å²) in [6, 6.07) is -0.156. The molecule has 5 atom stereocenters. The summed E-state index contributed by atoms with van der Waals surface area (Å²) in [4.78, 5) is 30.9. The Hall–Kier alpha value is -1.62. The molecule has 1 aliphatic heterocycles. The zero-order valence-corrected chi connectivity index (χ0v) is 15.6. The molecular weight excluding hydrogens is 377 g/mol. The van der Waals surface area contributed by atoms with Gasteiger partial charge in [0.1, 0.15) is 17.9 Å². The second-order valence-corrected chi connectivity index (χ2v) is 9.14. The molecule has 11 nitrogen and oxygen atoms in total. The Labute approximate surface area is 154 Å². The second-order valence-electron chi connectivity index (χ2n) is 7.90. The van der Waals surface area contributed by atoms with E-state index in [4.69, 9.17) is 29.5 Å². The summed E-state index contributed by atoms with van der Waals surface area (Å²) < 4.78 is 30.3. The zero-order chi connectivity index (χ0) is 19.2. The predicted molar refractivity (Wildman–Crippen MR) is 91.1 cm³/mol. The van der Waals surface area contributed by atoms with E-state index in [1.54, 1.807) is 6.33 Å². The van der Waals surface area contributed by atoms with E-state index in [2.05, 4.69) is 15.0 Å². The van der Waals surface area contributed by atoms with E-state index in [0.29, 0.717) is 23.4 Å². The molecule has 2 saturated carbocycles. The molecule has 4 N–H and O–H groups in total. The van der Waals surface area contributed by atoms with Crippen molar-refractivity contribution in [3.63, 3.8) is 0 Å². The summed E-state index contributed by atoms with van der Waals surface area (Å²) in [6.45, 7) is 3.55. The molecule has 0 bridgehead atoms. The molecular formula is C15H20N5O6P. The van der Waals surface area contributed by atoms with Crippen LogP contribution in [0.4, 0.5) is 5.82 Å². The van der Waals surface area contributed by atoms with Crippen molar-refractivity contribution in [1.29, 1.82) is 0 Å². The van der Waals surface area contributed by atoms with Gasteiger partial charge < -0.3 is 29.6 Å². The average Bonchev–Trinajstić information content (AvgIpc) is 2.83. The molecule has 5 rings (SSSR count). The van der Waals surface area contributed by atoms with Gasteiger partial charge in [-0.3, -0.25) is 4.52 Å². The summed E-state index contributed by atoms with van der Waals surface area (Å²) in [6.07, 6.45) is 3.09. The number of nitrogens with two attached hydrogens (primary N) is 1. The van der Waals surface area contributed by atoms with Crippen molar-refractivity contribution in [2.75, 3.05) is 12.3 Å². The molecule has 2 aromatic rings. The van der Waals surface area contributed by atoms with E-state index >= 15 is 0 Å². The fraction of sp³-hybridized carbons (Fsp3) is 0.667. The minimum absolute atomic E-state index is 0.0590. The normalized spacial score (nSPS) is 36.7. The van der Waals surface area contributed by atoms with Gasteiger partial charge in [0.25, 0.3) is 0 Å². The molecule has 0 amide bonds. The first-order valence-electron chi connectivity index (χ1n) is 8.60. The van der Waals surface area contributed by atoms with Crippen LogP contribution in [0.2, 0.25) is 0 Å². The Balaban J connectivity index is 1.55. The van der Waals surface area contributed by atoms with Gasteiger partial charge in [0.15, 0.2) is 17.3 Å². The summed E-state index contributed by atoms with van der Waals surface area (Å²) >= 11 is 0. The zero-order valence-electron chi connectivity index (χ0n) is 14.7. The summed E-state index contributed by atoms with van der Waals surface area (Å²) in [7, 11) is -4.58. The number of ether oxygens (including phenoxy) is 2. The molecule has 12 heteroatoms. The Morgan fingerprint density at radius 2 is 2.15 bits per heavy atom. The largest absolute Gasteiger partial charge is 0.469 e. The van der Waals surface area contributed by atoms with Crippen LogP contribution >= 0.6 is 7.82 Å². The van der Waals surface area contributed by atoms with E-state index < -0.39 is 19.0 Å². The molecule has 27 heavy (non-hydrogen) atoms. The number of aromatic nitrogens is 4. The molecule has 146 valence electrons. The van der Waals surface area contributed by atoms with Crippen LogP contribution in [-0.2, 0) is 18.6 Å². The molecule has 2 aromatic heterocycles. The first-order valence-corrected chi connectivity index (χ1v) is 10.1. The maximum Gasteiger partial charge on any atom is 0.469 e. The van der Waals surface area contributed by atoms with Crippen molar-refractivity contribution in [1.82, 2.24) is 19.5 Å². The van der Waals surface area contributed by atoms with Crippen molar-refractivity contribution in [3.8, 4) is 0 Å². The first kappa shape index (κ1) is 17.5. The van der Waals surface area contributed by atoms with Gasteiger partial charge in [-0.25, -0.2) is 19.5 Å². The number of fused-ring (bicyclic) bond motifs is 4. The molecule has 0 aromatic carbocycles. The molecule has 3 heterocycles. The third kappa shape index (κ3) is 2.54. The van der Waals surface area contributed by atoms with Crippen molar-refractivity contribution in [2.24, 2.45) is 11.3 Å². The summed E-state index contributed by atoms with van der Waals surface area (Å²) in [5.74, 6) is -0.450. The first-order chi connectivity index (χ1) is 12.6. The number of hydrogen-bond donors (Lipinski definition) is 3. The van der Waals surface area contributed by atoms with Crippen LogP contribution in [-0.4, -0.2) is 53.9 Å². The fourth-order valence-electron chi connectivity index (χ4n) is 4.74. The summed E-state index contributed by atoms with van der Waals surface area (Å²) in [5.41, 5.74) is 6.49. The van der Waals surface area contributed by atoms with E-state index in [9.17, 15) is 4.57 Å². The second kappa shape index (κ2) is 5.25. The van der Waals surface area contributed by atoms with Gasteiger partial charge in [-0.05, 0) is 26.2 Å². The minimum atomic E-state index is -4.58. The number of hydrogen-bond acceptors (Lipinski definition) is 8. The highest BCUT2D eigenvalue weighted by atomic mass is 31.2. The molecule has 3 fully saturated rings. The Morgan fingerprint density at radius 1 is 1.37 bits per heavy atom. The van der Waals surface area contributed by atoms with Gasteiger partial charge in [0, 0.05) is 5.41 Å². The number of phosphoric acid groups is 1. The number of rotatable bonds is 4. The minimum Gasteiger partial charge on any atom is -0.382 e. The number of anilines is 1. The van der Waals surface area contributed by atoms with Crippen molar-refractivity contribution >= 4 is 24.8 Å². The molecule has 0 spiro atoms. The molecule has 3 unspecified atom stereocenters. The predicted octanol–water partition coefficient (Wildman–Crippen LogP) is 0.599. The van der Waals surface area contributed by atoms with E-state index in [-0.39, 0.29) is 30.8 Å². The van der Waals surface area contributed by atoms with E-state index in [0.717, 1.165) is 0 Å². The molecule has 1 saturated heterocycles. The number of phosphoric ester groups is 1. The summed E-state index contributed by atoms with van der Waals surface area (Å²) in [5, 5.41) is 0. The smallest absolute Gasteiger partial charge is 0.382 e. The number of nitrogen functional groups attached to an aromatic ring is 1. The van der Waals surface area contributed by atoms with Crippen LogP contribution in [0.1, 0.15) is 26.3 Å². The van der Waals surface area contributed by atoms with Gasteiger partial charge in [0.2, 0.25) is 0 Å². The van der Waals surface area contributed by atoms with Crippen LogP contribution in [0.5, 0.6) is 0 Å². The van der Waals surface area contributed by atoms with Gasteiger partial charge in [0.05, 0.1) is 25.1 Å². The van der Waals surface area contributed by atoms with Crippen LogP contribution < -0.4 is 5.73 Å². The van der Waals surface area contributed by atoms with Crippen molar-refractivity contribution in [2.45, 2.75) is 44.3 Å². The Morgan fingerprint density at radius 3 is 2.89 bits per heavy atom.